The Labute approximate surface area is 156 Å². The third-order valence-corrected chi connectivity index (χ3v) is 4.27. The summed E-state index contributed by atoms with van der Waals surface area (Å²) >= 11 is 7.94. The lowest BCUT2D eigenvalue weighted by Crippen LogP contribution is -2.27. The van der Waals surface area contributed by atoms with Crippen molar-refractivity contribution in [3.63, 3.8) is 0 Å². The average molecular weight is 464 g/mol. The molecule has 0 amide bonds. The van der Waals surface area contributed by atoms with Gasteiger partial charge in [0, 0.05) is 6.20 Å². The number of ether oxygens (including phenoxy) is 2. The molecule has 1 aliphatic rings. The van der Waals surface area contributed by atoms with Gasteiger partial charge in [-0.15, -0.1) is 0 Å². The summed E-state index contributed by atoms with van der Waals surface area (Å²) in [4.78, 5) is 25.7. The van der Waals surface area contributed by atoms with Gasteiger partial charge >= 0.3 is 11.9 Å². The summed E-state index contributed by atoms with van der Waals surface area (Å²) in [5, 5.41) is 0.0742. The minimum Gasteiger partial charge on any atom is -0.465 e. The molecule has 0 aliphatic carbocycles. The fourth-order valence-electron chi connectivity index (χ4n) is 2.05. The second-order valence-electron chi connectivity index (χ2n) is 4.53. The smallest absolute Gasteiger partial charge is 0.355 e. The van der Waals surface area contributed by atoms with Crippen molar-refractivity contribution < 1.29 is 23.5 Å². The maximum absolute atomic E-state index is 13.7. The Bertz CT molecular complexity index is 789. The van der Waals surface area contributed by atoms with Crippen LogP contribution >= 0.6 is 34.2 Å². The minimum atomic E-state index is -0.762. The van der Waals surface area contributed by atoms with Crippen molar-refractivity contribution in [2.75, 3.05) is 19.1 Å². The Hall–Kier alpha value is -1.87. The van der Waals surface area contributed by atoms with E-state index < -0.39 is 17.8 Å². The third kappa shape index (κ3) is 3.62. The average Bonchev–Trinajstić information content (AvgIpc) is 2.79. The van der Waals surface area contributed by atoms with Crippen LogP contribution in [-0.4, -0.2) is 26.2 Å². The van der Waals surface area contributed by atoms with Gasteiger partial charge in [-0.05, 0) is 46.9 Å². The standard InChI is InChI=1S/C16H12ClFINO4/c1-23-15(21)9-5-3-4-6-20(14(9)16(22)24-2)13-8-12(19)11(18)7-10(13)17/h3-8H,1-2H3. The van der Waals surface area contributed by atoms with Crippen LogP contribution in [0.5, 0.6) is 0 Å². The normalized spacial score (nSPS) is 13.8. The molecule has 0 saturated heterocycles. The summed E-state index contributed by atoms with van der Waals surface area (Å²) in [6.45, 7) is 0. The molecule has 8 heteroatoms. The molecule has 1 heterocycles. The first-order chi connectivity index (χ1) is 11.4. The van der Waals surface area contributed by atoms with Gasteiger partial charge in [0.25, 0.3) is 0 Å². The van der Waals surface area contributed by atoms with Gasteiger partial charge < -0.3 is 14.4 Å². The molecular weight excluding hydrogens is 452 g/mol. The lowest BCUT2D eigenvalue weighted by molar-refractivity contribution is -0.139. The number of carbonyl (C=O) groups is 2. The van der Waals surface area contributed by atoms with E-state index in [-0.39, 0.29) is 16.3 Å². The topological polar surface area (TPSA) is 55.8 Å². The van der Waals surface area contributed by atoms with Crippen molar-refractivity contribution in [2.45, 2.75) is 0 Å². The second-order valence-corrected chi connectivity index (χ2v) is 6.10. The van der Waals surface area contributed by atoms with Crippen LogP contribution in [0.25, 0.3) is 0 Å². The quantitative estimate of drug-likeness (QED) is 0.390. The first-order valence-corrected chi connectivity index (χ1v) is 8.06. The first kappa shape index (κ1) is 18.5. The fourth-order valence-corrected chi connectivity index (χ4v) is 2.74. The zero-order chi connectivity index (χ0) is 17.9. The van der Waals surface area contributed by atoms with Crippen molar-refractivity contribution in [1.29, 1.82) is 0 Å². The van der Waals surface area contributed by atoms with E-state index in [1.54, 1.807) is 12.2 Å². The van der Waals surface area contributed by atoms with Crippen LogP contribution in [0.15, 0.2) is 47.8 Å². The molecule has 0 spiro atoms. The first-order valence-electron chi connectivity index (χ1n) is 6.60. The predicted molar refractivity (Wildman–Crippen MR) is 95.9 cm³/mol. The van der Waals surface area contributed by atoms with E-state index in [0.717, 1.165) is 6.07 Å². The Balaban J connectivity index is 2.72. The van der Waals surface area contributed by atoms with Crippen molar-refractivity contribution >= 4 is 51.8 Å². The van der Waals surface area contributed by atoms with Crippen LogP contribution in [0, 0.1) is 9.39 Å². The molecule has 5 nitrogen and oxygen atoms in total. The van der Waals surface area contributed by atoms with E-state index in [4.69, 9.17) is 21.1 Å². The summed E-state index contributed by atoms with van der Waals surface area (Å²) < 4.78 is 23.5. The number of rotatable bonds is 3. The van der Waals surface area contributed by atoms with Crippen molar-refractivity contribution in [2.24, 2.45) is 0 Å². The van der Waals surface area contributed by atoms with Crippen LogP contribution in [0.1, 0.15) is 0 Å². The number of methoxy groups -OCH3 is 2. The fraction of sp³-hybridized carbons (Fsp3) is 0.125. The highest BCUT2D eigenvalue weighted by Crippen LogP contribution is 2.34. The summed E-state index contributed by atoms with van der Waals surface area (Å²) in [7, 11) is 2.39. The van der Waals surface area contributed by atoms with Gasteiger partial charge in [0.2, 0.25) is 0 Å². The molecule has 0 N–H and O–H groups in total. The molecule has 1 aromatic carbocycles. The number of carbonyl (C=O) groups excluding carboxylic acids is 2. The van der Waals surface area contributed by atoms with E-state index in [2.05, 4.69) is 0 Å². The number of hydrogen-bond donors (Lipinski definition) is 0. The lowest BCUT2D eigenvalue weighted by Gasteiger charge is -2.24. The Morgan fingerprint density at radius 1 is 1.17 bits per heavy atom. The highest BCUT2D eigenvalue weighted by molar-refractivity contribution is 14.1. The van der Waals surface area contributed by atoms with E-state index in [1.807, 2.05) is 22.6 Å². The molecule has 0 saturated carbocycles. The highest BCUT2D eigenvalue weighted by atomic mass is 127. The molecule has 126 valence electrons. The molecular formula is C16H12ClFINO4. The van der Waals surface area contributed by atoms with Crippen LogP contribution in [-0.2, 0) is 19.1 Å². The molecule has 1 aromatic rings. The second kappa shape index (κ2) is 7.80. The minimum absolute atomic E-state index is 0.00949. The van der Waals surface area contributed by atoms with Gasteiger partial charge in [-0.25, -0.2) is 14.0 Å². The van der Waals surface area contributed by atoms with Crippen LogP contribution < -0.4 is 4.90 Å². The van der Waals surface area contributed by atoms with Gasteiger partial charge in [0.1, 0.15) is 11.5 Å². The van der Waals surface area contributed by atoms with Gasteiger partial charge in [0.15, 0.2) is 0 Å². The molecule has 0 atom stereocenters. The number of benzene rings is 1. The molecule has 0 unspecified atom stereocenters. The van der Waals surface area contributed by atoms with Crippen LogP contribution in [0.4, 0.5) is 10.1 Å². The third-order valence-electron chi connectivity index (χ3n) is 3.14. The van der Waals surface area contributed by atoms with E-state index in [1.165, 1.54) is 37.5 Å². The van der Waals surface area contributed by atoms with Gasteiger partial charge in [-0.2, -0.15) is 0 Å². The summed E-state index contributed by atoms with van der Waals surface area (Å²) in [5.74, 6) is -1.96. The SMILES string of the molecule is COC(=O)C1=C(C(=O)OC)N(c2cc(I)c(F)cc2Cl)C=CC=C1. The van der Waals surface area contributed by atoms with E-state index in [0.29, 0.717) is 9.26 Å². The number of nitrogens with zero attached hydrogens (tertiary/aromatic N) is 1. The van der Waals surface area contributed by atoms with Crippen LogP contribution in [0.3, 0.4) is 0 Å². The number of esters is 2. The van der Waals surface area contributed by atoms with E-state index in [9.17, 15) is 14.0 Å². The summed E-state index contributed by atoms with van der Waals surface area (Å²) in [5.41, 5.74) is 0.229. The molecule has 0 fully saturated rings. The number of allylic oxidation sites excluding steroid dienone is 2. The monoisotopic (exact) mass is 463 g/mol. The highest BCUT2D eigenvalue weighted by Gasteiger charge is 2.28. The Morgan fingerprint density at radius 2 is 1.83 bits per heavy atom. The van der Waals surface area contributed by atoms with Gasteiger partial charge in [0.05, 0.1) is 34.1 Å². The lowest BCUT2D eigenvalue weighted by atomic mass is 10.1. The molecule has 2 rings (SSSR count). The van der Waals surface area contributed by atoms with Crippen LogP contribution in [0.2, 0.25) is 5.02 Å². The number of anilines is 1. The predicted octanol–water partition coefficient (Wildman–Crippen LogP) is 3.57. The molecule has 24 heavy (non-hydrogen) atoms. The van der Waals surface area contributed by atoms with Crippen molar-refractivity contribution in [3.8, 4) is 0 Å². The summed E-state index contributed by atoms with van der Waals surface area (Å²) in [6, 6.07) is 2.60. The van der Waals surface area contributed by atoms with E-state index >= 15 is 0 Å². The zero-order valence-electron chi connectivity index (χ0n) is 12.7. The molecule has 0 bridgehead atoms. The van der Waals surface area contributed by atoms with Gasteiger partial charge in [-0.3, -0.25) is 0 Å². The maximum atomic E-state index is 13.7. The summed E-state index contributed by atoms with van der Waals surface area (Å²) in [6.07, 6.45) is 6.12. The maximum Gasteiger partial charge on any atom is 0.355 e. The number of hydrogen-bond acceptors (Lipinski definition) is 5. The largest absolute Gasteiger partial charge is 0.465 e. The zero-order valence-corrected chi connectivity index (χ0v) is 15.6. The Morgan fingerprint density at radius 3 is 2.46 bits per heavy atom. The van der Waals surface area contributed by atoms with Gasteiger partial charge in [-0.1, -0.05) is 17.7 Å². The Kier molecular flexibility index (Phi) is 6.00. The molecule has 1 aliphatic heterocycles. The van der Waals surface area contributed by atoms with Crippen molar-refractivity contribution in [3.05, 3.63) is 62.2 Å². The number of halogens is 3. The molecule has 0 aromatic heterocycles. The van der Waals surface area contributed by atoms with Crippen molar-refractivity contribution in [1.82, 2.24) is 0 Å². The molecule has 0 radical (unpaired) electrons.